The lowest BCUT2D eigenvalue weighted by Gasteiger charge is -2.39. The SMILES string of the molecule is C=CC(C)C1(CN)CCCOC1. The van der Waals surface area contributed by atoms with Crippen LogP contribution < -0.4 is 5.73 Å². The van der Waals surface area contributed by atoms with E-state index in [2.05, 4.69) is 13.5 Å². The number of hydrogen-bond acceptors (Lipinski definition) is 2. The molecule has 12 heavy (non-hydrogen) atoms. The molecule has 0 aromatic rings. The van der Waals surface area contributed by atoms with Gasteiger partial charge >= 0.3 is 0 Å². The maximum absolute atomic E-state index is 5.79. The molecule has 1 fully saturated rings. The quantitative estimate of drug-likeness (QED) is 0.651. The third kappa shape index (κ3) is 1.70. The summed E-state index contributed by atoms with van der Waals surface area (Å²) < 4.78 is 5.47. The van der Waals surface area contributed by atoms with Crippen molar-refractivity contribution in [3.05, 3.63) is 12.7 Å². The van der Waals surface area contributed by atoms with E-state index in [0.29, 0.717) is 12.5 Å². The van der Waals surface area contributed by atoms with E-state index in [0.717, 1.165) is 19.6 Å². The average Bonchev–Trinajstić information content (AvgIpc) is 2.17. The highest BCUT2D eigenvalue weighted by molar-refractivity contribution is 4.94. The Balaban J connectivity index is 2.65. The maximum Gasteiger partial charge on any atom is 0.0540 e. The number of hydrogen-bond donors (Lipinski definition) is 1. The van der Waals surface area contributed by atoms with Crippen molar-refractivity contribution in [3.8, 4) is 0 Å². The van der Waals surface area contributed by atoms with E-state index in [-0.39, 0.29) is 5.41 Å². The van der Waals surface area contributed by atoms with Crippen LogP contribution in [0.5, 0.6) is 0 Å². The summed E-state index contributed by atoms with van der Waals surface area (Å²) >= 11 is 0. The minimum atomic E-state index is 0.167. The fraction of sp³-hybridized carbons (Fsp3) is 0.800. The van der Waals surface area contributed by atoms with E-state index >= 15 is 0 Å². The predicted molar refractivity (Wildman–Crippen MR) is 50.9 cm³/mol. The third-order valence-electron chi connectivity index (χ3n) is 3.08. The second-order valence-electron chi connectivity index (χ2n) is 3.75. The molecule has 1 aliphatic heterocycles. The van der Waals surface area contributed by atoms with Gasteiger partial charge in [0.05, 0.1) is 6.61 Å². The Hall–Kier alpha value is -0.340. The molecule has 0 bridgehead atoms. The minimum Gasteiger partial charge on any atom is -0.381 e. The number of allylic oxidation sites excluding steroid dienone is 1. The Morgan fingerprint density at radius 2 is 2.50 bits per heavy atom. The number of nitrogens with two attached hydrogens (primary N) is 1. The van der Waals surface area contributed by atoms with Crippen LogP contribution in [0, 0.1) is 11.3 Å². The summed E-state index contributed by atoms with van der Waals surface area (Å²) in [6.07, 6.45) is 4.30. The van der Waals surface area contributed by atoms with E-state index in [4.69, 9.17) is 10.5 Å². The van der Waals surface area contributed by atoms with E-state index < -0.39 is 0 Å². The topological polar surface area (TPSA) is 35.2 Å². The van der Waals surface area contributed by atoms with Crippen LogP contribution in [0.15, 0.2) is 12.7 Å². The molecule has 2 nitrogen and oxygen atoms in total. The van der Waals surface area contributed by atoms with E-state index in [1.807, 2.05) is 6.08 Å². The van der Waals surface area contributed by atoms with Gasteiger partial charge in [-0.05, 0) is 18.8 Å². The van der Waals surface area contributed by atoms with E-state index in [1.165, 1.54) is 6.42 Å². The highest BCUT2D eigenvalue weighted by atomic mass is 16.5. The van der Waals surface area contributed by atoms with Crippen molar-refractivity contribution in [2.45, 2.75) is 19.8 Å². The van der Waals surface area contributed by atoms with Crippen molar-refractivity contribution in [3.63, 3.8) is 0 Å². The van der Waals surface area contributed by atoms with Gasteiger partial charge in [-0.1, -0.05) is 13.0 Å². The van der Waals surface area contributed by atoms with Crippen LogP contribution in [0.2, 0.25) is 0 Å². The van der Waals surface area contributed by atoms with Gasteiger partial charge in [0.15, 0.2) is 0 Å². The molecule has 70 valence electrons. The minimum absolute atomic E-state index is 0.167. The van der Waals surface area contributed by atoms with Gasteiger partial charge in [-0.3, -0.25) is 0 Å². The lowest BCUT2D eigenvalue weighted by Crippen LogP contribution is -2.43. The first kappa shape index (κ1) is 9.75. The molecular formula is C10H19NO. The smallest absolute Gasteiger partial charge is 0.0540 e. The maximum atomic E-state index is 5.79. The molecule has 0 amide bonds. The Morgan fingerprint density at radius 1 is 1.75 bits per heavy atom. The standard InChI is InChI=1S/C10H19NO/c1-3-9(2)10(7-11)5-4-6-12-8-10/h3,9H,1,4-8,11H2,2H3. The summed E-state index contributed by atoms with van der Waals surface area (Å²) in [6.45, 7) is 8.40. The lowest BCUT2D eigenvalue weighted by atomic mass is 9.72. The van der Waals surface area contributed by atoms with Gasteiger partial charge in [-0.15, -0.1) is 6.58 Å². The number of ether oxygens (including phenoxy) is 1. The zero-order chi connectivity index (χ0) is 9.03. The van der Waals surface area contributed by atoms with Gasteiger partial charge in [0.2, 0.25) is 0 Å². The van der Waals surface area contributed by atoms with Crippen LogP contribution in [0.3, 0.4) is 0 Å². The van der Waals surface area contributed by atoms with Crippen LogP contribution >= 0.6 is 0 Å². The molecule has 1 saturated heterocycles. The molecule has 0 radical (unpaired) electrons. The molecule has 1 aliphatic rings. The molecule has 0 saturated carbocycles. The summed E-state index contributed by atoms with van der Waals surface area (Å²) in [6, 6.07) is 0. The molecule has 0 spiro atoms. The van der Waals surface area contributed by atoms with Gasteiger partial charge in [0.25, 0.3) is 0 Å². The van der Waals surface area contributed by atoms with E-state index in [9.17, 15) is 0 Å². The van der Waals surface area contributed by atoms with Crippen LogP contribution in [0.4, 0.5) is 0 Å². The molecule has 1 rings (SSSR count). The van der Waals surface area contributed by atoms with Crippen molar-refractivity contribution in [2.24, 2.45) is 17.1 Å². The van der Waals surface area contributed by atoms with Crippen LogP contribution in [0.25, 0.3) is 0 Å². The Bertz CT molecular complexity index is 150. The monoisotopic (exact) mass is 169 g/mol. The van der Waals surface area contributed by atoms with Crippen LogP contribution in [-0.2, 0) is 4.74 Å². The fourth-order valence-corrected chi connectivity index (χ4v) is 1.83. The van der Waals surface area contributed by atoms with Gasteiger partial charge in [-0.25, -0.2) is 0 Å². The second-order valence-corrected chi connectivity index (χ2v) is 3.75. The van der Waals surface area contributed by atoms with Crippen molar-refractivity contribution in [2.75, 3.05) is 19.8 Å². The first-order chi connectivity index (χ1) is 5.75. The second kappa shape index (κ2) is 4.06. The normalized spacial score (nSPS) is 32.8. The highest BCUT2D eigenvalue weighted by Crippen LogP contribution is 2.35. The molecule has 1 heterocycles. The summed E-state index contributed by atoms with van der Waals surface area (Å²) in [5, 5.41) is 0. The number of rotatable bonds is 3. The van der Waals surface area contributed by atoms with E-state index in [1.54, 1.807) is 0 Å². The van der Waals surface area contributed by atoms with Gasteiger partial charge in [0.1, 0.15) is 0 Å². The third-order valence-corrected chi connectivity index (χ3v) is 3.08. The summed E-state index contributed by atoms with van der Waals surface area (Å²) in [4.78, 5) is 0. The fourth-order valence-electron chi connectivity index (χ4n) is 1.83. The largest absolute Gasteiger partial charge is 0.381 e. The molecule has 0 aliphatic carbocycles. The molecule has 2 unspecified atom stereocenters. The lowest BCUT2D eigenvalue weighted by molar-refractivity contribution is -0.0221. The molecule has 2 atom stereocenters. The van der Waals surface area contributed by atoms with Gasteiger partial charge in [0, 0.05) is 18.6 Å². The van der Waals surface area contributed by atoms with Crippen molar-refractivity contribution >= 4 is 0 Å². The summed E-state index contributed by atoms with van der Waals surface area (Å²) in [5.74, 6) is 0.461. The van der Waals surface area contributed by atoms with Crippen LogP contribution in [-0.4, -0.2) is 19.8 Å². The Kier molecular flexibility index (Phi) is 3.29. The zero-order valence-corrected chi connectivity index (χ0v) is 7.88. The summed E-state index contributed by atoms with van der Waals surface area (Å²) in [7, 11) is 0. The van der Waals surface area contributed by atoms with Gasteiger partial charge < -0.3 is 10.5 Å². The van der Waals surface area contributed by atoms with Crippen molar-refractivity contribution < 1.29 is 4.74 Å². The first-order valence-corrected chi connectivity index (χ1v) is 4.65. The molecular weight excluding hydrogens is 150 g/mol. The van der Waals surface area contributed by atoms with Gasteiger partial charge in [-0.2, -0.15) is 0 Å². The Morgan fingerprint density at radius 3 is 2.92 bits per heavy atom. The van der Waals surface area contributed by atoms with Crippen LogP contribution in [0.1, 0.15) is 19.8 Å². The molecule has 2 N–H and O–H groups in total. The summed E-state index contributed by atoms with van der Waals surface area (Å²) in [5.41, 5.74) is 5.95. The Labute approximate surface area is 74.8 Å². The molecule has 2 heteroatoms. The van der Waals surface area contributed by atoms with Crippen molar-refractivity contribution in [1.82, 2.24) is 0 Å². The first-order valence-electron chi connectivity index (χ1n) is 4.65. The molecule has 0 aromatic carbocycles. The highest BCUT2D eigenvalue weighted by Gasteiger charge is 2.35. The predicted octanol–water partition coefficient (Wildman–Crippen LogP) is 1.56. The zero-order valence-electron chi connectivity index (χ0n) is 7.88. The van der Waals surface area contributed by atoms with Crippen molar-refractivity contribution in [1.29, 1.82) is 0 Å². The molecule has 0 aromatic heterocycles. The average molecular weight is 169 g/mol.